The number of nitrogen functional groups attached to an aromatic ring is 1. The number of rotatable bonds is 5. The van der Waals surface area contributed by atoms with Crippen molar-refractivity contribution in [3.63, 3.8) is 0 Å². The third-order valence-electron chi connectivity index (χ3n) is 3.55. The van der Waals surface area contributed by atoms with Crippen LogP contribution in [0.25, 0.3) is 0 Å². The van der Waals surface area contributed by atoms with Gasteiger partial charge < -0.3 is 15.7 Å². The maximum Gasteiger partial charge on any atom is 0.115 e. The lowest BCUT2D eigenvalue weighted by Crippen LogP contribution is -2.29. The van der Waals surface area contributed by atoms with E-state index in [0.29, 0.717) is 12.0 Å². The molecule has 0 aliphatic carbocycles. The summed E-state index contributed by atoms with van der Waals surface area (Å²) < 4.78 is 0. The van der Waals surface area contributed by atoms with Crippen molar-refractivity contribution in [3.05, 3.63) is 48.5 Å². The van der Waals surface area contributed by atoms with Crippen LogP contribution in [0.5, 0.6) is 5.75 Å². The van der Waals surface area contributed by atoms with Crippen molar-refractivity contribution in [3.8, 4) is 5.75 Å². The van der Waals surface area contributed by atoms with Gasteiger partial charge in [0.1, 0.15) is 5.75 Å². The highest BCUT2D eigenvalue weighted by Gasteiger charge is 2.17. The van der Waals surface area contributed by atoms with Crippen LogP contribution in [0.2, 0.25) is 0 Å². The van der Waals surface area contributed by atoms with Gasteiger partial charge in [0.15, 0.2) is 0 Å². The Morgan fingerprint density at radius 3 is 1.86 bits per heavy atom. The van der Waals surface area contributed by atoms with Crippen LogP contribution in [-0.2, 0) is 0 Å². The van der Waals surface area contributed by atoms with Crippen LogP contribution >= 0.6 is 0 Å². The normalized spacial score (nSPS) is 12.4. The van der Waals surface area contributed by atoms with Crippen molar-refractivity contribution in [2.75, 3.05) is 10.6 Å². The smallest absolute Gasteiger partial charge is 0.115 e. The van der Waals surface area contributed by atoms with E-state index in [1.807, 2.05) is 36.4 Å². The van der Waals surface area contributed by atoms with Crippen molar-refractivity contribution in [2.45, 2.75) is 33.2 Å². The van der Waals surface area contributed by atoms with Gasteiger partial charge in [-0.1, -0.05) is 13.8 Å². The van der Waals surface area contributed by atoms with E-state index < -0.39 is 0 Å². The van der Waals surface area contributed by atoms with Gasteiger partial charge in [0.25, 0.3) is 0 Å². The minimum Gasteiger partial charge on any atom is -0.508 e. The first-order chi connectivity index (χ1) is 9.97. The third kappa shape index (κ3) is 3.91. The molecule has 0 amide bonds. The average molecular weight is 284 g/mol. The molecule has 1 atom stereocenters. The highest BCUT2D eigenvalue weighted by molar-refractivity contribution is 5.66. The number of phenolic OH excluding ortho intramolecular Hbond substituents is 1. The lowest BCUT2D eigenvalue weighted by atomic mass is 10.0. The fraction of sp³-hybridized carbons (Fsp3) is 0.333. The van der Waals surface area contributed by atoms with Gasteiger partial charge in [0.2, 0.25) is 0 Å². The van der Waals surface area contributed by atoms with E-state index in [0.717, 1.165) is 23.5 Å². The molecule has 2 rings (SSSR count). The molecule has 0 fully saturated rings. The maximum atomic E-state index is 9.49. The van der Waals surface area contributed by atoms with Gasteiger partial charge in [0.05, 0.1) is 0 Å². The Bertz CT molecular complexity index is 515. The highest BCUT2D eigenvalue weighted by atomic mass is 16.3. The highest BCUT2D eigenvalue weighted by Crippen LogP contribution is 2.31. The van der Waals surface area contributed by atoms with Gasteiger partial charge in [-0.2, -0.15) is 0 Å². The summed E-state index contributed by atoms with van der Waals surface area (Å²) in [6.45, 7) is 6.69. The van der Waals surface area contributed by atoms with E-state index in [9.17, 15) is 5.11 Å². The second-order valence-corrected chi connectivity index (χ2v) is 5.96. The first-order valence-corrected chi connectivity index (χ1v) is 7.41. The van der Waals surface area contributed by atoms with E-state index in [-0.39, 0.29) is 5.75 Å². The Morgan fingerprint density at radius 2 is 1.38 bits per heavy atom. The maximum absolute atomic E-state index is 9.49. The molecule has 3 heteroatoms. The summed E-state index contributed by atoms with van der Waals surface area (Å²) >= 11 is 0. The molecule has 0 heterocycles. The summed E-state index contributed by atoms with van der Waals surface area (Å²) in [6, 6.07) is 15.6. The number of anilines is 3. The number of benzene rings is 2. The standard InChI is InChI=1S/C18H24N2O/c1-13(2)12-14(3)20(16-6-4-15(19)5-7-16)17-8-10-18(21)11-9-17/h4-11,13-14,21H,12,19H2,1-3H3. The summed E-state index contributed by atoms with van der Waals surface area (Å²) in [5.74, 6) is 0.904. The molecule has 3 nitrogen and oxygen atoms in total. The molecular formula is C18H24N2O. The third-order valence-corrected chi connectivity index (χ3v) is 3.55. The molecule has 0 aliphatic heterocycles. The molecule has 0 bridgehead atoms. The lowest BCUT2D eigenvalue weighted by molar-refractivity contribution is 0.475. The van der Waals surface area contributed by atoms with Gasteiger partial charge >= 0.3 is 0 Å². The number of phenols is 1. The minimum atomic E-state index is 0.285. The van der Waals surface area contributed by atoms with Crippen LogP contribution in [0.3, 0.4) is 0 Å². The van der Waals surface area contributed by atoms with Crippen molar-refractivity contribution >= 4 is 17.1 Å². The first-order valence-electron chi connectivity index (χ1n) is 7.41. The first kappa shape index (κ1) is 15.2. The summed E-state index contributed by atoms with van der Waals surface area (Å²) in [5, 5.41) is 9.49. The van der Waals surface area contributed by atoms with Crippen LogP contribution in [0.4, 0.5) is 17.1 Å². The van der Waals surface area contributed by atoms with E-state index >= 15 is 0 Å². The molecule has 2 aromatic rings. The molecule has 0 spiro atoms. The molecule has 0 aliphatic rings. The molecule has 0 radical (unpaired) electrons. The van der Waals surface area contributed by atoms with Crippen molar-refractivity contribution in [2.24, 2.45) is 5.92 Å². The Kier molecular flexibility index (Phi) is 4.73. The van der Waals surface area contributed by atoms with Crippen molar-refractivity contribution in [1.29, 1.82) is 0 Å². The van der Waals surface area contributed by atoms with Crippen LogP contribution in [0, 0.1) is 5.92 Å². The second kappa shape index (κ2) is 6.53. The number of nitrogens with zero attached hydrogens (tertiary/aromatic N) is 1. The molecule has 0 aromatic heterocycles. The monoisotopic (exact) mass is 284 g/mol. The quantitative estimate of drug-likeness (QED) is 0.792. The fourth-order valence-corrected chi connectivity index (χ4v) is 2.69. The molecule has 0 saturated carbocycles. The predicted octanol–water partition coefficient (Wildman–Crippen LogP) is 4.55. The van der Waals surface area contributed by atoms with Crippen LogP contribution in [0.1, 0.15) is 27.2 Å². The van der Waals surface area contributed by atoms with E-state index in [4.69, 9.17) is 5.73 Å². The molecule has 2 aromatic carbocycles. The Morgan fingerprint density at radius 1 is 0.905 bits per heavy atom. The molecular weight excluding hydrogens is 260 g/mol. The largest absolute Gasteiger partial charge is 0.508 e. The second-order valence-electron chi connectivity index (χ2n) is 5.96. The number of nitrogens with two attached hydrogens (primary N) is 1. The van der Waals surface area contributed by atoms with Gasteiger partial charge in [-0.3, -0.25) is 0 Å². The van der Waals surface area contributed by atoms with Gasteiger partial charge in [-0.15, -0.1) is 0 Å². The Labute approximate surface area is 127 Å². The SMILES string of the molecule is CC(C)CC(C)N(c1ccc(N)cc1)c1ccc(O)cc1. The van der Waals surface area contributed by atoms with Gasteiger partial charge in [0, 0.05) is 23.1 Å². The molecule has 1 unspecified atom stereocenters. The molecule has 0 saturated heterocycles. The Balaban J connectivity index is 2.38. The van der Waals surface area contributed by atoms with Crippen LogP contribution in [-0.4, -0.2) is 11.1 Å². The molecule has 112 valence electrons. The summed E-state index contributed by atoms with van der Waals surface area (Å²) in [5.41, 5.74) is 8.74. The zero-order valence-corrected chi connectivity index (χ0v) is 13.0. The van der Waals surface area contributed by atoms with E-state index in [1.165, 1.54) is 0 Å². The number of aromatic hydroxyl groups is 1. The fourth-order valence-electron chi connectivity index (χ4n) is 2.69. The predicted molar refractivity (Wildman–Crippen MR) is 90.0 cm³/mol. The van der Waals surface area contributed by atoms with Gasteiger partial charge in [-0.05, 0) is 67.8 Å². The molecule has 21 heavy (non-hydrogen) atoms. The lowest BCUT2D eigenvalue weighted by Gasteiger charge is -2.32. The zero-order chi connectivity index (χ0) is 15.4. The molecule has 3 N–H and O–H groups in total. The minimum absolute atomic E-state index is 0.285. The summed E-state index contributed by atoms with van der Waals surface area (Å²) in [7, 11) is 0. The topological polar surface area (TPSA) is 49.5 Å². The summed E-state index contributed by atoms with van der Waals surface area (Å²) in [6.07, 6.45) is 1.09. The summed E-state index contributed by atoms with van der Waals surface area (Å²) in [4.78, 5) is 2.29. The zero-order valence-electron chi connectivity index (χ0n) is 13.0. The Hall–Kier alpha value is -2.16. The number of hydrogen-bond acceptors (Lipinski definition) is 3. The van der Waals surface area contributed by atoms with Crippen LogP contribution < -0.4 is 10.6 Å². The van der Waals surface area contributed by atoms with Gasteiger partial charge in [-0.25, -0.2) is 0 Å². The van der Waals surface area contributed by atoms with Crippen molar-refractivity contribution in [1.82, 2.24) is 0 Å². The number of hydrogen-bond donors (Lipinski definition) is 2. The average Bonchev–Trinajstić information content (AvgIpc) is 2.42. The van der Waals surface area contributed by atoms with Crippen LogP contribution in [0.15, 0.2) is 48.5 Å². The van der Waals surface area contributed by atoms with E-state index in [2.05, 4.69) is 25.7 Å². The van der Waals surface area contributed by atoms with Crippen molar-refractivity contribution < 1.29 is 5.11 Å². The van der Waals surface area contributed by atoms with E-state index in [1.54, 1.807) is 12.1 Å².